The Morgan fingerprint density at radius 2 is 1.93 bits per heavy atom. The maximum Gasteiger partial charge on any atom is 0.255 e. The van der Waals surface area contributed by atoms with Crippen molar-refractivity contribution >= 4 is 17.5 Å². The van der Waals surface area contributed by atoms with Gasteiger partial charge in [0.25, 0.3) is 5.91 Å². The van der Waals surface area contributed by atoms with Crippen molar-refractivity contribution < 1.29 is 19.1 Å². The molecule has 6 heteroatoms. The molecule has 27 heavy (non-hydrogen) atoms. The number of ether oxygens (including phenoxy) is 2. The minimum atomic E-state index is -0.195. The number of hydrogen-bond acceptors (Lipinski definition) is 4. The second kappa shape index (κ2) is 8.58. The minimum Gasteiger partial charge on any atom is -0.496 e. The number of anilines is 1. The first-order valence-electron chi connectivity index (χ1n) is 9.06. The van der Waals surface area contributed by atoms with Gasteiger partial charge in [0.15, 0.2) is 0 Å². The van der Waals surface area contributed by atoms with Gasteiger partial charge in [0.05, 0.1) is 19.3 Å². The molecule has 3 rings (SSSR count). The summed E-state index contributed by atoms with van der Waals surface area (Å²) < 4.78 is 10.7. The molecule has 2 amide bonds. The highest BCUT2D eigenvalue weighted by molar-refractivity contribution is 5.97. The van der Waals surface area contributed by atoms with Crippen molar-refractivity contribution in [3.63, 3.8) is 0 Å². The lowest BCUT2D eigenvalue weighted by Gasteiger charge is -2.17. The number of carbonyl (C=O) groups is 2. The van der Waals surface area contributed by atoms with E-state index in [9.17, 15) is 9.59 Å². The Hall–Kier alpha value is -3.02. The van der Waals surface area contributed by atoms with Crippen LogP contribution in [0.3, 0.4) is 0 Å². The van der Waals surface area contributed by atoms with Crippen molar-refractivity contribution in [2.24, 2.45) is 5.92 Å². The third-order valence-corrected chi connectivity index (χ3v) is 4.57. The van der Waals surface area contributed by atoms with Crippen LogP contribution in [0, 0.1) is 5.92 Å². The van der Waals surface area contributed by atoms with Crippen LogP contribution in [0.25, 0.3) is 0 Å². The molecule has 1 aliphatic rings. The van der Waals surface area contributed by atoms with E-state index in [1.807, 2.05) is 37.3 Å². The topological polar surface area (TPSA) is 67.9 Å². The Balaban J connectivity index is 1.58. The van der Waals surface area contributed by atoms with E-state index in [0.717, 1.165) is 11.4 Å². The first kappa shape index (κ1) is 18.8. The van der Waals surface area contributed by atoms with E-state index in [4.69, 9.17) is 9.47 Å². The van der Waals surface area contributed by atoms with Gasteiger partial charge in [-0.1, -0.05) is 12.1 Å². The molecule has 1 N–H and O–H groups in total. The number of rotatable bonds is 7. The SMILES string of the molecule is CCOc1ccc(N2CC(CNC(=O)c3ccccc3OC)CC2=O)cc1. The fraction of sp³-hybridized carbons (Fsp3) is 0.333. The summed E-state index contributed by atoms with van der Waals surface area (Å²) in [6.45, 7) is 3.56. The summed E-state index contributed by atoms with van der Waals surface area (Å²) in [5.74, 6) is 1.26. The van der Waals surface area contributed by atoms with Gasteiger partial charge in [0.2, 0.25) is 5.91 Å². The number of nitrogens with one attached hydrogen (secondary N) is 1. The van der Waals surface area contributed by atoms with Crippen molar-refractivity contribution in [3.05, 3.63) is 54.1 Å². The molecule has 2 aromatic rings. The highest BCUT2D eigenvalue weighted by Gasteiger charge is 2.31. The molecule has 1 aliphatic heterocycles. The first-order valence-corrected chi connectivity index (χ1v) is 9.06. The summed E-state index contributed by atoms with van der Waals surface area (Å²) >= 11 is 0. The van der Waals surface area contributed by atoms with E-state index in [2.05, 4.69) is 5.32 Å². The summed E-state index contributed by atoms with van der Waals surface area (Å²) in [5.41, 5.74) is 1.34. The van der Waals surface area contributed by atoms with Gasteiger partial charge >= 0.3 is 0 Å². The third kappa shape index (κ3) is 4.39. The molecule has 0 aromatic heterocycles. The molecule has 2 aromatic carbocycles. The highest BCUT2D eigenvalue weighted by Crippen LogP contribution is 2.27. The van der Waals surface area contributed by atoms with Crippen LogP contribution < -0.4 is 19.7 Å². The molecular weight excluding hydrogens is 344 g/mol. The smallest absolute Gasteiger partial charge is 0.255 e. The van der Waals surface area contributed by atoms with E-state index in [-0.39, 0.29) is 17.7 Å². The molecule has 1 heterocycles. The summed E-state index contributed by atoms with van der Waals surface area (Å²) in [6, 6.07) is 14.6. The standard InChI is InChI=1S/C21H24N2O4/c1-3-27-17-10-8-16(9-11-17)23-14-15(12-20(23)24)13-22-21(25)18-6-4-5-7-19(18)26-2/h4-11,15H,3,12-14H2,1-2H3,(H,22,25). The molecule has 0 radical (unpaired) electrons. The quantitative estimate of drug-likeness (QED) is 0.816. The maximum absolute atomic E-state index is 12.4. The van der Waals surface area contributed by atoms with Gasteiger partial charge in [0, 0.05) is 31.1 Å². The minimum absolute atomic E-state index is 0.0655. The fourth-order valence-electron chi connectivity index (χ4n) is 3.22. The van der Waals surface area contributed by atoms with Gasteiger partial charge in [-0.3, -0.25) is 9.59 Å². The zero-order chi connectivity index (χ0) is 19.2. The lowest BCUT2D eigenvalue weighted by Crippen LogP contribution is -2.31. The van der Waals surface area contributed by atoms with Crippen LogP contribution in [-0.2, 0) is 4.79 Å². The average molecular weight is 368 g/mol. The van der Waals surface area contributed by atoms with Crippen LogP contribution in [0.5, 0.6) is 11.5 Å². The third-order valence-electron chi connectivity index (χ3n) is 4.57. The number of methoxy groups -OCH3 is 1. The largest absolute Gasteiger partial charge is 0.496 e. The van der Waals surface area contributed by atoms with Crippen LogP contribution in [0.1, 0.15) is 23.7 Å². The van der Waals surface area contributed by atoms with E-state index in [1.54, 1.807) is 23.1 Å². The lowest BCUT2D eigenvalue weighted by molar-refractivity contribution is -0.117. The van der Waals surface area contributed by atoms with Gasteiger partial charge in [-0.25, -0.2) is 0 Å². The number of hydrogen-bond donors (Lipinski definition) is 1. The van der Waals surface area contributed by atoms with Crippen molar-refractivity contribution in [1.29, 1.82) is 0 Å². The van der Waals surface area contributed by atoms with Gasteiger partial charge in [-0.15, -0.1) is 0 Å². The van der Waals surface area contributed by atoms with Crippen LogP contribution in [0.2, 0.25) is 0 Å². The molecule has 0 aliphatic carbocycles. The zero-order valence-electron chi connectivity index (χ0n) is 15.6. The van der Waals surface area contributed by atoms with Crippen molar-refractivity contribution in [2.75, 3.05) is 31.7 Å². The second-order valence-corrected chi connectivity index (χ2v) is 6.41. The normalized spacial score (nSPS) is 16.3. The van der Waals surface area contributed by atoms with Crippen LogP contribution >= 0.6 is 0 Å². The Morgan fingerprint density at radius 3 is 2.63 bits per heavy atom. The molecule has 142 valence electrons. The molecule has 1 unspecified atom stereocenters. The number of carbonyl (C=O) groups excluding carboxylic acids is 2. The van der Waals surface area contributed by atoms with E-state index >= 15 is 0 Å². The van der Waals surface area contributed by atoms with Gasteiger partial charge in [-0.2, -0.15) is 0 Å². The van der Waals surface area contributed by atoms with E-state index in [1.165, 1.54) is 7.11 Å². The van der Waals surface area contributed by atoms with Crippen molar-refractivity contribution in [2.45, 2.75) is 13.3 Å². The Kier molecular flexibility index (Phi) is 5.96. The summed E-state index contributed by atoms with van der Waals surface area (Å²) in [4.78, 5) is 26.5. The van der Waals surface area contributed by atoms with Crippen molar-refractivity contribution in [3.8, 4) is 11.5 Å². The highest BCUT2D eigenvalue weighted by atomic mass is 16.5. The molecule has 0 spiro atoms. The monoisotopic (exact) mass is 368 g/mol. The second-order valence-electron chi connectivity index (χ2n) is 6.41. The van der Waals surface area contributed by atoms with Gasteiger partial charge in [0.1, 0.15) is 11.5 Å². The lowest BCUT2D eigenvalue weighted by atomic mass is 10.1. The Bertz CT molecular complexity index is 804. The molecule has 6 nitrogen and oxygen atoms in total. The molecule has 1 saturated heterocycles. The molecule has 0 saturated carbocycles. The average Bonchev–Trinajstić information content (AvgIpc) is 3.07. The maximum atomic E-state index is 12.4. The van der Waals surface area contributed by atoms with E-state index in [0.29, 0.717) is 37.4 Å². The number of amides is 2. The van der Waals surface area contributed by atoms with Crippen LogP contribution in [-0.4, -0.2) is 38.6 Å². The van der Waals surface area contributed by atoms with Crippen LogP contribution in [0.4, 0.5) is 5.69 Å². The number of nitrogens with zero attached hydrogens (tertiary/aromatic N) is 1. The molecule has 1 atom stereocenters. The summed E-state index contributed by atoms with van der Waals surface area (Å²) in [5, 5.41) is 2.92. The molecule has 1 fully saturated rings. The van der Waals surface area contributed by atoms with Crippen molar-refractivity contribution in [1.82, 2.24) is 5.32 Å². The number of benzene rings is 2. The predicted octanol–water partition coefficient (Wildman–Crippen LogP) is 2.88. The van der Waals surface area contributed by atoms with Crippen LogP contribution in [0.15, 0.2) is 48.5 Å². The Morgan fingerprint density at radius 1 is 1.19 bits per heavy atom. The predicted molar refractivity (Wildman–Crippen MR) is 103 cm³/mol. The summed E-state index contributed by atoms with van der Waals surface area (Å²) in [6.07, 6.45) is 0.416. The fourth-order valence-corrected chi connectivity index (χ4v) is 3.22. The zero-order valence-corrected chi connectivity index (χ0v) is 15.6. The molecule has 0 bridgehead atoms. The summed E-state index contributed by atoms with van der Waals surface area (Å²) in [7, 11) is 1.54. The number of para-hydroxylation sites is 1. The Labute approximate surface area is 159 Å². The molecular formula is C21H24N2O4. The van der Waals surface area contributed by atoms with E-state index < -0.39 is 0 Å². The first-order chi connectivity index (χ1) is 13.1. The van der Waals surface area contributed by atoms with Gasteiger partial charge < -0.3 is 19.7 Å². The van der Waals surface area contributed by atoms with Gasteiger partial charge in [-0.05, 0) is 43.3 Å².